The van der Waals surface area contributed by atoms with Gasteiger partial charge in [-0.2, -0.15) is 0 Å². The number of hydrogen-bond acceptors (Lipinski definition) is 3. The van der Waals surface area contributed by atoms with Crippen LogP contribution in [0.1, 0.15) is 93.4 Å². The number of aliphatic hydroxyl groups is 3. The number of rotatable bonds is 5. The molecule has 0 aromatic heterocycles. The average Bonchev–Trinajstić information content (AvgIpc) is 2.98. The minimum absolute atomic E-state index is 0.0454. The molecule has 0 radical (unpaired) electrons. The summed E-state index contributed by atoms with van der Waals surface area (Å²) in [7, 11) is 0. The van der Waals surface area contributed by atoms with Gasteiger partial charge in [-0.3, -0.25) is 0 Å². The Bertz CT molecular complexity index is 866. The highest BCUT2D eigenvalue weighted by Crippen LogP contribution is 2.71. The maximum Gasteiger partial charge on any atom is 0.0642 e. The molecule has 4 aliphatic carbocycles. The quantitative estimate of drug-likeness (QED) is 0.432. The molecule has 0 aliphatic heterocycles. The molecule has 0 spiro atoms. The molecule has 186 valence electrons. The monoisotopic (exact) mass is 456 g/mol. The highest BCUT2D eigenvalue weighted by molar-refractivity contribution is 5.50. The Hall–Kier alpha value is -0.900. The standard InChI is InChI=1S/C30H48O3/c1-19(18-31)9-8-10-20(2)23-17-26(33)30(7)22-11-12-24-27(3,4)25(32)14-15-28(24,5)21(22)13-16-29(23,30)6/h9,11,13,20,23-26,31-33H,8,10,12,14-18H2,1-7H3/b19-9+/t20-,23-,24+,25+,26+,28-,29-,30-/m1/s1. The summed E-state index contributed by atoms with van der Waals surface area (Å²) < 4.78 is 0. The normalized spacial score (nSPS) is 45.5. The van der Waals surface area contributed by atoms with Crippen molar-refractivity contribution >= 4 is 0 Å². The van der Waals surface area contributed by atoms with E-state index >= 15 is 0 Å². The zero-order valence-electron chi connectivity index (χ0n) is 22.1. The molecule has 4 aliphatic rings. The summed E-state index contributed by atoms with van der Waals surface area (Å²) in [5.41, 5.74) is 3.75. The zero-order chi connectivity index (χ0) is 24.4. The van der Waals surface area contributed by atoms with Crippen molar-refractivity contribution in [3.8, 4) is 0 Å². The Balaban J connectivity index is 1.67. The molecule has 0 heterocycles. The SMILES string of the molecule is C/C(=C\CC[C@@H](C)[C@H]1C[C@H](O)[C@@]2(C)C3=CC[C@H]4C(C)(C)[C@@H](O)CC[C@]4(C)C3=CC[C@]12C)CO. The van der Waals surface area contributed by atoms with Gasteiger partial charge in [0.05, 0.1) is 18.8 Å². The molecular formula is C30H48O3. The van der Waals surface area contributed by atoms with Gasteiger partial charge in [-0.05, 0) is 97.0 Å². The van der Waals surface area contributed by atoms with Crippen LogP contribution in [-0.2, 0) is 0 Å². The van der Waals surface area contributed by atoms with Crippen LogP contribution in [0.4, 0.5) is 0 Å². The van der Waals surface area contributed by atoms with Gasteiger partial charge >= 0.3 is 0 Å². The van der Waals surface area contributed by atoms with E-state index in [1.807, 2.05) is 6.92 Å². The predicted octanol–water partition coefficient (Wildman–Crippen LogP) is 6.20. The minimum Gasteiger partial charge on any atom is -0.393 e. The number of aliphatic hydroxyl groups excluding tert-OH is 3. The minimum atomic E-state index is -0.318. The first-order valence-electron chi connectivity index (χ1n) is 13.4. The number of allylic oxidation sites excluding steroid dienone is 4. The molecule has 3 N–H and O–H groups in total. The van der Waals surface area contributed by atoms with Crippen molar-refractivity contribution in [3.63, 3.8) is 0 Å². The zero-order valence-corrected chi connectivity index (χ0v) is 22.1. The predicted molar refractivity (Wildman–Crippen MR) is 136 cm³/mol. The molecule has 33 heavy (non-hydrogen) atoms. The highest BCUT2D eigenvalue weighted by atomic mass is 16.3. The van der Waals surface area contributed by atoms with E-state index in [4.69, 9.17) is 0 Å². The van der Waals surface area contributed by atoms with Gasteiger partial charge in [-0.25, -0.2) is 0 Å². The molecule has 3 nitrogen and oxygen atoms in total. The first-order valence-corrected chi connectivity index (χ1v) is 13.4. The van der Waals surface area contributed by atoms with Gasteiger partial charge in [0.25, 0.3) is 0 Å². The van der Waals surface area contributed by atoms with E-state index in [9.17, 15) is 15.3 Å². The summed E-state index contributed by atoms with van der Waals surface area (Å²) in [5, 5.41) is 31.7. The Morgan fingerprint density at radius 2 is 1.79 bits per heavy atom. The van der Waals surface area contributed by atoms with E-state index in [-0.39, 0.29) is 40.5 Å². The summed E-state index contributed by atoms with van der Waals surface area (Å²) in [6.45, 7) is 16.2. The van der Waals surface area contributed by atoms with Gasteiger partial charge in [-0.1, -0.05) is 65.3 Å². The summed E-state index contributed by atoms with van der Waals surface area (Å²) >= 11 is 0. The third-order valence-corrected chi connectivity index (χ3v) is 11.4. The van der Waals surface area contributed by atoms with Crippen LogP contribution in [0.15, 0.2) is 34.9 Å². The first-order chi connectivity index (χ1) is 15.3. The van der Waals surface area contributed by atoms with E-state index in [0.29, 0.717) is 17.8 Å². The van der Waals surface area contributed by atoms with E-state index in [2.05, 4.69) is 59.8 Å². The van der Waals surface area contributed by atoms with Crippen molar-refractivity contribution in [1.29, 1.82) is 0 Å². The average molecular weight is 457 g/mol. The lowest BCUT2D eigenvalue weighted by Gasteiger charge is -2.61. The van der Waals surface area contributed by atoms with E-state index in [0.717, 1.165) is 50.5 Å². The fourth-order valence-corrected chi connectivity index (χ4v) is 8.80. The maximum absolute atomic E-state index is 11.6. The molecule has 4 rings (SSSR count). The molecule has 0 aromatic rings. The molecule has 2 fully saturated rings. The summed E-state index contributed by atoms with van der Waals surface area (Å²) in [5.74, 6) is 1.45. The van der Waals surface area contributed by atoms with Crippen molar-refractivity contribution in [3.05, 3.63) is 34.9 Å². The van der Waals surface area contributed by atoms with Crippen molar-refractivity contribution in [1.82, 2.24) is 0 Å². The van der Waals surface area contributed by atoms with Crippen molar-refractivity contribution in [2.45, 2.75) is 106 Å². The fourth-order valence-electron chi connectivity index (χ4n) is 8.80. The van der Waals surface area contributed by atoms with E-state index in [1.165, 1.54) is 11.1 Å². The molecule has 0 bridgehead atoms. The molecule has 0 aromatic carbocycles. The summed E-state index contributed by atoms with van der Waals surface area (Å²) in [6, 6.07) is 0. The summed E-state index contributed by atoms with van der Waals surface area (Å²) in [6.07, 6.45) is 13.5. The first kappa shape index (κ1) is 25.2. The Labute approximate surface area is 202 Å². The van der Waals surface area contributed by atoms with Crippen LogP contribution in [0, 0.1) is 39.4 Å². The van der Waals surface area contributed by atoms with E-state index in [1.54, 1.807) is 0 Å². The van der Waals surface area contributed by atoms with Gasteiger partial charge in [0.15, 0.2) is 0 Å². The molecule has 0 amide bonds. The van der Waals surface area contributed by atoms with Crippen LogP contribution in [-0.4, -0.2) is 34.1 Å². The third kappa shape index (κ3) is 3.47. The van der Waals surface area contributed by atoms with Crippen molar-refractivity contribution in [2.75, 3.05) is 6.61 Å². The van der Waals surface area contributed by atoms with Crippen LogP contribution in [0.25, 0.3) is 0 Å². The fraction of sp³-hybridized carbons (Fsp3) is 0.800. The second-order valence-corrected chi connectivity index (χ2v) is 13.3. The Kier molecular flexibility index (Phi) is 6.37. The molecule has 3 heteroatoms. The van der Waals surface area contributed by atoms with Gasteiger partial charge in [-0.15, -0.1) is 0 Å². The largest absolute Gasteiger partial charge is 0.393 e. The summed E-state index contributed by atoms with van der Waals surface area (Å²) in [4.78, 5) is 0. The van der Waals surface area contributed by atoms with Crippen LogP contribution in [0.5, 0.6) is 0 Å². The number of fused-ring (bicyclic) bond motifs is 5. The lowest BCUT2D eigenvalue weighted by atomic mass is 9.44. The topological polar surface area (TPSA) is 60.7 Å². The molecule has 0 saturated heterocycles. The van der Waals surface area contributed by atoms with Crippen LogP contribution in [0.2, 0.25) is 0 Å². The highest BCUT2D eigenvalue weighted by Gasteiger charge is 2.66. The van der Waals surface area contributed by atoms with Crippen LogP contribution in [0.3, 0.4) is 0 Å². The molecule has 8 atom stereocenters. The Morgan fingerprint density at radius 3 is 2.45 bits per heavy atom. The van der Waals surface area contributed by atoms with Crippen LogP contribution < -0.4 is 0 Å². The molecule has 0 unspecified atom stereocenters. The van der Waals surface area contributed by atoms with Crippen molar-refractivity contribution in [2.24, 2.45) is 39.4 Å². The molecular weight excluding hydrogens is 408 g/mol. The molecule has 2 saturated carbocycles. The maximum atomic E-state index is 11.6. The number of hydrogen-bond donors (Lipinski definition) is 3. The lowest BCUT2D eigenvalue weighted by Crippen LogP contribution is -2.55. The van der Waals surface area contributed by atoms with Gasteiger partial charge in [0, 0.05) is 5.41 Å². The van der Waals surface area contributed by atoms with Gasteiger partial charge in [0.2, 0.25) is 0 Å². The van der Waals surface area contributed by atoms with Gasteiger partial charge in [0.1, 0.15) is 0 Å². The van der Waals surface area contributed by atoms with Crippen LogP contribution >= 0.6 is 0 Å². The van der Waals surface area contributed by atoms with E-state index < -0.39 is 0 Å². The second-order valence-electron chi connectivity index (χ2n) is 13.3. The third-order valence-electron chi connectivity index (χ3n) is 11.4. The second kappa shape index (κ2) is 8.35. The smallest absolute Gasteiger partial charge is 0.0642 e. The van der Waals surface area contributed by atoms with Crippen molar-refractivity contribution < 1.29 is 15.3 Å². The Morgan fingerprint density at radius 1 is 1.09 bits per heavy atom. The lowest BCUT2D eigenvalue weighted by molar-refractivity contribution is -0.0872. The van der Waals surface area contributed by atoms with Gasteiger partial charge < -0.3 is 15.3 Å².